The van der Waals surface area contributed by atoms with Gasteiger partial charge in [-0.1, -0.05) is 49.9 Å². The number of pyridine rings is 1. The summed E-state index contributed by atoms with van der Waals surface area (Å²) in [5.74, 6) is -0.215. The SMILES string of the molecule is Cn1cc(-c2ccc(C[C@@H](C#N)NC(=O)C3(N)CCCCCC3)cc2)ccc1=O. The summed E-state index contributed by atoms with van der Waals surface area (Å²) in [5, 5.41) is 12.4. The Hall–Kier alpha value is -2.91. The highest BCUT2D eigenvalue weighted by atomic mass is 16.2. The van der Waals surface area contributed by atoms with Gasteiger partial charge in [0.2, 0.25) is 11.5 Å². The zero-order chi connectivity index (χ0) is 20.9. The van der Waals surface area contributed by atoms with E-state index >= 15 is 0 Å². The summed E-state index contributed by atoms with van der Waals surface area (Å²) in [5.41, 5.74) is 8.34. The molecule has 1 aromatic heterocycles. The first-order chi connectivity index (χ1) is 13.9. The Balaban J connectivity index is 1.66. The Morgan fingerprint density at radius 2 is 1.76 bits per heavy atom. The highest BCUT2D eigenvalue weighted by molar-refractivity contribution is 5.86. The number of hydrogen-bond acceptors (Lipinski definition) is 4. The van der Waals surface area contributed by atoms with E-state index in [2.05, 4.69) is 11.4 Å². The van der Waals surface area contributed by atoms with E-state index < -0.39 is 11.6 Å². The van der Waals surface area contributed by atoms with Gasteiger partial charge in [0.25, 0.3) is 0 Å². The van der Waals surface area contributed by atoms with Gasteiger partial charge in [-0.25, -0.2) is 0 Å². The smallest absolute Gasteiger partial charge is 0.250 e. The fraction of sp³-hybridized carbons (Fsp3) is 0.435. The number of aryl methyl sites for hydroxylation is 1. The standard InChI is InChI=1S/C23H28N4O2/c1-27-16-19(10-11-21(27)28)18-8-6-17(7-9-18)14-20(15-24)26-22(29)23(25)12-4-2-3-5-13-23/h6-11,16,20H,2-5,12-14,25H2,1H3,(H,26,29)/t20-/m0/s1. The molecule has 3 N–H and O–H groups in total. The molecule has 1 saturated carbocycles. The molecule has 0 aliphatic heterocycles. The second-order valence-corrected chi connectivity index (χ2v) is 7.99. The van der Waals surface area contributed by atoms with E-state index in [1.54, 1.807) is 29.9 Å². The van der Waals surface area contributed by atoms with E-state index in [1.807, 2.05) is 24.3 Å². The van der Waals surface area contributed by atoms with E-state index in [0.717, 1.165) is 42.4 Å². The molecular weight excluding hydrogens is 364 g/mol. The fourth-order valence-electron chi connectivity index (χ4n) is 3.85. The maximum absolute atomic E-state index is 12.7. The maximum atomic E-state index is 12.7. The molecule has 1 aliphatic rings. The minimum Gasteiger partial charge on any atom is -0.338 e. The lowest BCUT2D eigenvalue weighted by atomic mass is 9.90. The highest BCUT2D eigenvalue weighted by Gasteiger charge is 2.35. The van der Waals surface area contributed by atoms with Gasteiger partial charge in [0, 0.05) is 25.7 Å². The van der Waals surface area contributed by atoms with E-state index in [-0.39, 0.29) is 11.5 Å². The van der Waals surface area contributed by atoms with Crippen LogP contribution in [0, 0.1) is 11.3 Å². The van der Waals surface area contributed by atoms with E-state index in [0.29, 0.717) is 19.3 Å². The molecular formula is C23H28N4O2. The Labute approximate surface area is 171 Å². The van der Waals surface area contributed by atoms with Crippen LogP contribution >= 0.6 is 0 Å². The van der Waals surface area contributed by atoms with Crippen molar-refractivity contribution in [3.8, 4) is 17.2 Å². The predicted octanol–water partition coefficient (Wildman–Crippen LogP) is 2.65. The average molecular weight is 393 g/mol. The second kappa shape index (κ2) is 9.06. The topological polar surface area (TPSA) is 101 Å². The van der Waals surface area contributed by atoms with Crippen LogP contribution in [0.15, 0.2) is 47.4 Å². The molecule has 1 amide bonds. The van der Waals surface area contributed by atoms with Crippen LogP contribution in [0.5, 0.6) is 0 Å². The molecule has 6 nitrogen and oxygen atoms in total. The molecule has 0 radical (unpaired) electrons. The van der Waals surface area contributed by atoms with Crippen molar-refractivity contribution in [2.75, 3.05) is 0 Å². The number of benzene rings is 1. The van der Waals surface area contributed by atoms with Crippen LogP contribution in [0.4, 0.5) is 0 Å². The third-order valence-corrected chi connectivity index (χ3v) is 5.72. The Kier molecular flexibility index (Phi) is 6.50. The number of hydrogen-bond donors (Lipinski definition) is 2. The summed E-state index contributed by atoms with van der Waals surface area (Å²) in [7, 11) is 1.72. The zero-order valence-electron chi connectivity index (χ0n) is 16.9. The van der Waals surface area contributed by atoms with Crippen molar-refractivity contribution < 1.29 is 4.79 Å². The molecule has 1 heterocycles. The van der Waals surface area contributed by atoms with Gasteiger partial charge in [-0.15, -0.1) is 0 Å². The van der Waals surface area contributed by atoms with Crippen LogP contribution in [-0.2, 0) is 18.3 Å². The normalized spacial score (nSPS) is 17.0. The number of amides is 1. The minimum atomic E-state index is -0.862. The molecule has 6 heteroatoms. The minimum absolute atomic E-state index is 0.0516. The molecule has 1 aromatic carbocycles. The number of nitriles is 1. The molecule has 0 bridgehead atoms. The van der Waals surface area contributed by atoms with Gasteiger partial charge in [0.05, 0.1) is 11.6 Å². The summed E-state index contributed by atoms with van der Waals surface area (Å²) < 4.78 is 1.54. The quantitative estimate of drug-likeness (QED) is 0.764. The van der Waals surface area contributed by atoms with E-state index in [9.17, 15) is 14.9 Å². The summed E-state index contributed by atoms with van der Waals surface area (Å²) >= 11 is 0. The third-order valence-electron chi connectivity index (χ3n) is 5.72. The van der Waals surface area contributed by atoms with E-state index in [4.69, 9.17) is 5.73 Å². The molecule has 152 valence electrons. The number of carbonyl (C=O) groups excluding carboxylic acids is 1. The molecule has 1 aliphatic carbocycles. The summed E-state index contributed by atoms with van der Waals surface area (Å²) in [6.45, 7) is 0. The van der Waals surface area contributed by atoms with Crippen molar-refractivity contribution >= 4 is 5.91 Å². The lowest BCUT2D eigenvalue weighted by Gasteiger charge is -2.28. The summed E-state index contributed by atoms with van der Waals surface area (Å²) in [6.07, 6.45) is 7.68. The first-order valence-corrected chi connectivity index (χ1v) is 10.2. The Bertz CT molecular complexity index is 948. The van der Waals surface area contributed by atoms with Gasteiger partial charge in [-0.3, -0.25) is 9.59 Å². The van der Waals surface area contributed by atoms with Crippen molar-refractivity contribution in [3.63, 3.8) is 0 Å². The zero-order valence-corrected chi connectivity index (χ0v) is 16.9. The monoisotopic (exact) mass is 392 g/mol. The van der Waals surface area contributed by atoms with Gasteiger partial charge in [0.1, 0.15) is 6.04 Å². The van der Waals surface area contributed by atoms with Crippen molar-refractivity contribution in [1.29, 1.82) is 5.26 Å². The van der Waals surface area contributed by atoms with Crippen molar-refractivity contribution in [2.24, 2.45) is 12.8 Å². The molecule has 29 heavy (non-hydrogen) atoms. The third kappa shape index (κ3) is 5.12. The summed E-state index contributed by atoms with van der Waals surface area (Å²) in [4.78, 5) is 24.3. The van der Waals surface area contributed by atoms with E-state index in [1.165, 1.54) is 0 Å². The van der Waals surface area contributed by atoms with Crippen LogP contribution in [0.25, 0.3) is 11.1 Å². The van der Waals surface area contributed by atoms with Gasteiger partial charge in [-0.05, 0) is 35.6 Å². The van der Waals surface area contributed by atoms with Gasteiger partial charge < -0.3 is 15.6 Å². The molecule has 0 unspecified atom stereocenters. The number of aromatic nitrogens is 1. The fourth-order valence-corrected chi connectivity index (χ4v) is 3.85. The number of carbonyl (C=O) groups is 1. The maximum Gasteiger partial charge on any atom is 0.250 e. The van der Waals surface area contributed by atoms with Gasteiger partial charge in [0.15, 0.2) is 0 Å². The Morgan fingerprint density at radius 1 is 1.14 bits per heavy atom. The van der Waals surface area contributed by atoms with Crippen LogP contribution in [0.1, 0.15) is 44.1 Å². The lowest BCUT2D eigenvalue weighted by molar-refractivity contribution is -0.127. The van der Waals surface area contributed by atoms with Crippen LogP contribution < -0.4 is 16.6 Å². The van der Waals surface area contributed by atoms with Gasteiger partial charge >= 0.3 is 0 Å². The molecule has 3 rings (SSSR count). The van der Waals surface area contributed by atoms with Crippen LogP contribution in [0.2, 0.25) is 0 Å². The second-order valence-electron chi connectivity index (χ2n) is 7.99. The number of nitrogens with zero attached hydrogens (tertiary/aromatic N) is 2. The average Bonchev–Trinajstić information content (AvgIpc) is 2.95. The van der Waals surface area contributed by atoms with Crippen LogP contribution in [-0.4, -0.2) is 22.1 Å². The number of nitrogens with one attached hydrogen (secondary N) is 1. The first kappa shape index (κ1) is 20.8. The number of rotatable bonds is 5. The molecule has 0 saturated heterocycles. The molecule has 1 atom stereocenters. The Morgan fingerprint density at radius 3 is 2.34 bits per heavy atom. The first-order valence-electron chi connectivity index (χ1n) is 10.2. The van der Waals surface area contributed by atoms with Crippen molar-refractivity contribution in [2.45, 2.75) is 56.5 Å². The van der Waals surface area contributed by atoms with Crippen molar-refractivity contribution in [1.82, 2.24) is 9.88 Å². The van der Waals surface area contributed by atoms with Crippen molar-refractivity contribution in [3.05, 3.63) is 58.5 Å². The molecule has 2 aromatic rings. The number of nitrogens with two attached hydrogens (primary N) is 1. The largest absolute Gasteiger partial charge is 0.338 e. The highest BCUT2D eigenvalue weighted by Crippen LogP contribution is 2.25. The summed E-state index contributed by atoms with van der Waals surface area (Å²) in [6, 6.07) is 12.7. The van der Waals surface area contributed by atoms with Crippen LogP contribution in [0.3, 0.4) is 0 Å². The lowest BCUT2D eigenvalue weighted by Crippen LogP contribution is -2.56. The predicted molar refractivity (Wildman–Crippen MR) is 113 cm³/mol. The molecule has 1 fully saturated rings. The molecule has 0 spiro atoms. The van der Waals surface area contributed by atoms with Gasteiger partial charge in [-0.2, -0.15) is 5.26 Å².